The molecular formula is C63H38N8. The van der Waals surface area contributed by atoms with Gasteiger partial charge in [-0.15, -0.1) is 0 Å². The van der Waals surface area contributed by atoms with Gasteiger partial charge in [0, 0.05) is 66.4 Å². The lowest BCUT2D eigenvalue weighted by Gasteiger charge is -2.22. The van der Waals surface area contributed by atoms with Gasteiger partial charge in [0.05, 0.1) is 51.4 Å². The van der Waals surface area contributed by atoms with Crippen LogP contribution in [0.4, 0.5) is 0 Å². The maximum Gasteiger partial charge on any atom is 0.164 e. The van der Waals surface area contributed by atoms with E-state index in [1.165, 1.54) is 0 Å². The molecule has 3 heterocycles. The van der Waals surface area contributed by atoms with Gasteiger partial charge in [-0.2, -0.15) is 10.5 Å². The molecule has 0 aliphatic rings. The Balaban J connectivity index is 1.16. The quantitative estimate of drug-likeness (QED) is 0.142. The highest BCUT2D eigenvalue weighted by molar-refractivity contribution is 6.12. The highest BCUT2D eigenvalue weighted by Crippen LogP contribution is 2.46. The summed E-state index contributed by atoms with van der Waals surface area (Å²) in [5, 5.41) is 23.6. The molecule has 0 amide bonds. The van der Waals surface area contributed by atoms with Crippen LogP contribution >= 0.6 is 0 Å². The third-order valence-corrected chi connectivity index (χ3v) is 12.8. The van der Waals surface area contributed by atoms with Gasteiger partial charge in [0.15, 0.2) is 23.3 Å². The Labute approximate surface area is 409 Å². The van der Waals surface area contributed by atoms with E-state index < -0.39 is 0 Å². The number of fused-ring (bicyclic) bond motifs is 3. The molecule has 3 aromatic heterocycles. The first kappa shape index (κ1) is 42.2. The van der Waals surface area contributed by atoms with Crippen LogP contribution in [0.3, 0.4) is 0 Å². The lowest BCUT2D eigenvalue weighted by molar-refractivity contribution is 1.07. The van der Waals surface area contributed by atoms with E-state index in [0.29, 0.717) is 34.4 Å². The van der Waals surface area contributed by atoms with E-state index in [2.05, 4.69) is 59.2 Å². The number of rotatable bonds is 9. The third kappa shape index (κ3) is 7.84. The molecule has 0 saturated heterocycles. The first-order valence-corrected chi connectivity index (χ1v) is 23.2. The van der Waals surface area contributed by atoms with Crippen LogP contribution in [-0.2, 0) is 0 Å². The largest absolute Gasteiger partial charge is 0.308 e. The maximum atomic E-state index is 10.8. The Bertz CT molecular complexity index is 3870. The SMILES string of the molecule is N#Cc1ccccc1-c1cc(-c2nc(-c3ccccc3)cc(-c3ccccc3)n2)cc(-c2ccccc2C#N)c1-n1c2ccccc2c2cc(-c3nc(-c4ccccc4)nc(-c4ccccc4)n3)ccc21. The number of aromatic nitrogens is 6. The molecule has 0 saturated carbocycles. The molecule has 12 aromatic rings. The van der Waals surface area contributed by atoms with Crippen LogP contribution in [0.5, 0.6) is 0 Å². The van der Waals surface area contributed by atoms with Gasteiger partial charge in [-0.3, -0.25) is 0 Å². The van der Waals surface area contributed by atoms with Crippen molar-refractivity contribution < 1.29 is 0 Å². The van der Waals surface area contributed by atoms with Crippen molar-refractivity contribution in [2.45, 2.75) is 0 Å². The first-order valence-electron chi connectivity index (χ1n) is 23.2. The molecule has 0 aliphatic heterocycles. The summed E-state index contributed by atoms with van der Waals surface area (Å²) in [7, 11) is 0. The van der Waals surface area contributed by atoms with Crippen molar-refractivity contribution in [2.24, 2.45) is 0 Å². The zero-order valence-electron chi connectivity index (χ0n) is 38.0. The summed E-state index contributed by atoms with van der Waals surface area (Å²) in [5.41, 5.74) is 13.3. The van der Waals surface area contributed by atoms with Crippen LogP contribution in [0.15, 0.2) is 231 Å². The Morgan fingerprint density at radius 2 is 0.704 bits per heavy atom. The molecule has 0 radical (unpaired) electrons. The average molecular weight is 907 g/mol. The van der Waals surface area contributed by atoms with E-state index in [-0.39, 0.29) is 0 Å². The minimum atomic E-state index is 0.496. The molecule has 330 valence electrons. The highest BCUT2D eigenvalue weighted by atomic mass is 15.0. The number of para-hydroxylation sites is 1. The number of nitrogens with zero attached hydrogens (tertiary/aromatic N) is 8. The Hall–Kier alpha value is -10.2. The normalized spacial score (nSPS) is 11.1. The molecule has 0 aliphatic carbocycles. The van der Waals surface area contributed by atoms with Crippen molar-refractivity contribution in [3.8, 4) is 108 Å². The molecule has 0 spiro atoms. The van der Waals surface area contributed by atoms with Gasteiger partial charge in [0.1, 0.15) is 0 Å². The fraction of sp³-hybridized carbons (Fsp3) is 0. The van der Waals surface area contributed by atoms with E-state index in [4.69, 9.17) is 24.9 Å². The van der Waals surface area contributed by atoms with Crippen LogP contribution in [0.25, 0.3) is 118 Å². The maximum absolute atomic E-state index is 10.8. The second-order valence-electron chi connectivity index (χ2n) is 17.1. The molecule has 0 N–H and O–H groups in total. The summed E-state index contributed by atoms with van der Waals surface area (Å²) in [6.45, 7) is 0. The predicted octanol–water partition coefficient (Wildman–Crippen LogP) is 14.8. The van der Waals surface area contributed by atoms with Gasteiger partial charge in [0.2, 0.25) is 0 Å². The average Bonchev–Trinajstić information content (AvgIpc) is 3.78. The summed E-state index contributed by atoms with van der Waals surface area (Å²) in [6, 6.07) is 81.3. The van der Waals surface area contributed by atoms with Gasteiger partial charge in [-0.25, -0.2) is 24.9 Å². The van der Waals surface area contributed by atoms with Crippen molar-refractivity contribution in [1.82, 2.24) is 29.5 Å². The lowest BCUT2D eigenvalue weighted by atomic mass is 9.89. The zero-order valence-corrected chi connectivity index (χ0v) is 38.0. The fourth-order valence-electron chi connectivity index (χ4n) is 9.43. The molecule has 71 heavy (non-hydrogen) atoms. The fourth-order valence-corrected chi connectivity index (χ4v) is 9.43. The monoisotopic (exact) mass is 906 g/mol. The minimum absolute atomic E-state index is 0.496. The number of hydrogen-bond acceptors (Lipinski definition) is 7. The molecule has 0 atom stereocenters. The summed E-state index contributed by atoms with van der Waals surface area (Å²) >= 11 is 0. The standard InChI is InChI=1S/C63H38N8/c64-39-46-27-13-15-29-49(46)53-36-48(63-66-55(41-19-5-1-6-20-41)38-56(67-63)42-21-7-2-8-22-42)37-54(50-30-16-14-28-47(50)40-65)59(53)71-57-32-18-17-31-51(57)52-35-45(33-34-58(52)71)62-69-60(43-23-9-3-10-24-43)68-61(70-62)44-25-11-4-12-26-44/h1-38H. The third-order valence-electron chi connectivity index (χ3n) is 12.8. The summed E-state index contributed by atoms with van der Waals surface area (Å²) in [4.78, 5) is 25.7. The summed E-state index contributed by atoms with van der Waals surface area (Å²) < 4.78 is 2.26. The predicted molar refractivity (Wildman–Crippen MR) is 283 cm³/mol. The highest BCUT2D eigenvalue weighted by Gasteiger charge is 2.26. The molecule has 8 heteroatoms. The van der Waals surface area contributed by atoms with Crippen molar-refractivity contribution >= 4 is 21.8 Å². The van der Waals surface area contributed by atoms with Crippen LogP contribution in [0.1, 0.15) is 11.1 Å². The van der Waals surface area contributed by atoms with Crippen LogP contribution in [0, 0.1) is 22.7 Å². The van der Waals surface area contributed by atoms with E-state index in [0.717, 1.165) is 94.5 Å². The number of hydrogen-bond donors (Lipinski definition) is 0. The summed E-state index contributed by atoms with van der Waals surface area (Å²) in [5.74, 6) is 2.19. The smallest absolute Gasteiger partial charge is 0.164 e. The van der Waals surface area contributed by atoms with Gasteiger partial charge in [0.25, 0.3) is 0 Å². The van der Waals surface area contributed by atoms with E-state index >= 15 is 0 Å². The first-order chi connectivity index (χ1) is 35.1. The van der Waals surface area contributed by atoms with Crippen molar-refractivity contribution in [3.63, 3.8) is 0 Å². The Kier molecular flexibility index (Phi) is 10.8. The lowest BCUT2D eigenvalue weighted by Crippen LogP contribution is -2.04. The zero-order chi connectivity index (χ0) is 47.7. The summed E-state index contributed by atoms with van der Waals surface area (Å²) in [6.07, 6.45) is 0. The topological polar surface area (TPSA) is 117 Å². The number of nitriles is 2. The molecule has 0 bridgehead atoms. The van der Waals surface area contributed by atoms with Crippen molar-refractivity contribution in [3.05, 3.63) is 242 Å². The van der Waals surface area contributed by atoms with Gasteiger partial charge >= 0.3 is 0 Å². The molecular weight excluding hydrogens is 869 g/mol. The molecule has 0 unspecified atom stereocenters. The van der Waals surface area contributed by atoms with Crippen LogP contribution in [0.2, 0.25) is 0 Å². The van der Waals surface area contributed by atoms with Gasteiger partial charge in [-0.1, -0.05) is 176 Å². The number of benzene rings is 9. The molecule has 8 nitrogen and oxygen atoms in total. The second-order valence-corrected chi connectivity index (χ2v) is 17.1. The van der Waals surface area contributed by atoms with E-state index in [1.807, 2.05) is 188 Å². The van der Waals surface area contributed by atoms with Gasteiger partial charge < -0.3 is 4.57 Å². The van der Waals surface area contributed by atoms with E-state index in [1.54, 1.807) is 0 Å². The van der Waals surface area contributed by atoms with Crippen molar-refractivity contribution in [1.29, 1.82) is 10.5 Å². The molecule has 0 fully saturated rings. The minimum Gasteiger partial charge on any atom is -0.308 e. The Morgan fingerprint density at radius 3 is 1.21 bits per heavy atom. The van der Waals surface area contributed by atoms with Gasteiger partial charge in [-0.05, 0) is 54.6 Å². The Morgan fingerprint density at radius 1 is 0.296 bits per heavy atom. The molecule has 12 rings (SSSR count). The van der Waals surface area contributed by atoms with Crippen LogP contribution in [-0.4, -0.2) is 29.5 Å². The second kappa shape index (κ2) is 18.2. The van der Waals surface area contributed by atoms with Crippen LogP contribution < -0.4 is 0 Å². The van der Waals surface area contributed by atoms with E-state index in [9.17, 15) is 10.5 Å². The molecule has 9 aromatic carbocycles. The van der Waals surface area contributed by atoms with Crippen molar-refractivity contribution in [2.75, 3.05) is 0 Å².